The first kappa shape index (κ1) is 22.2. The number of rotatable bonds is 7. The van der Waals surface area contributed by atoms with E-state index in [-0.39, 0.29) is 13.2 Å². The Bertz CT molecular complexity index is 971. The number of carbonyl (C=O) groups is 2. The molecule has 0 aliphatic carbocycles. The van der Waals surface area contributed by atoms with E-state index >= 15 is 0 Å². The fourth-order valence-corrected chi connectivity index (χ4v) is 3.53. The Morgan fingerprint density at radius 1 is 0.871 bits per heavy atom. The van der Waals surface area contributed by atoms with Crippen LogP contribution in [-0.4, -0.2) is 32.3 Å². The van der Waals surface area contributed by atoms with E-state index in [2.05, 4.69) is 0 Å². The second-order valence-electron chi connectivity index (χ2n) is 7.03. The lowest BCUT2D eigenvalue weighted by atomic mass is 9.82. The minimum absolute atomic E-state index is 0.220. The van der Waals surface area contributed by atoms with Crippen LogP contribution in [0.3, 0.4) is 0 Å². The third-order valence-electron chi connectivity index (χ3n) is 4.98. The topological polar surface area (TPSA) is 65.1 Å². The van der Waals surface area contributed by atoms with Crippen molar-refractivity contribution in [1.82, 2.24) is 0 Å². The van der Waals surface area contributed by atoms with Crippen molar-refractivity contribution < 1.29 is 23.8 Å². The molecule has 2 aromatic rings. The van der Waals surface area contributed by atoms with Crippen LogP contribution in [0.5, 0.6) is 5.75 Å². The zero-order valence-electron chi connectivity index (χ0n) is 18.3. The van der Waals surface area contributed by atoms with Gasteiger partial charge in [-0.15, -0.1) is 0 Å². The largest absolute Gasteiger partial charge is 0.496 e. The highest BCUT2D eigenvalue weighted by Crippen LogP contribution is 2.41. The molecule has 0 saturated carbocycles. The highest BCUT2D eigenvalue weighted by atomic mass is 16.5. The van der Waals surface area contributed by atoms with Crippen LogP contribution in [0.1, 0.15) is 30.9 Å². The van der Waals surface area contributed by atoms with Crippen molar-refractivity contribution in [2.24, 2.45) is 0 Å². The molecule has 0 N–H and O–H groups in total. The summed E-state index contributed by atoms with van der Waals surface area (Å²) < 4.78 is 16.2. The second kappa shape index (κ2) is 9.98. The summed E-state index contributed by atoms with van der Waals surface area (Å²) in [6.45, 7) is 5.94. The zero-order valence-corrected chi connectivity index (χ0v) is 18.3. The van der Waals surface area contributed by atoms with Gasteiger partial charge in [0.1, 0.15) is 5.75 Å². The number of methoxy groups -OCH3 is 1. The molecule has 0 unspecified atom stereocenters. The van der Waals surface area contributed by atoms with Gasteiger partial charge in [-0.2, -0.15) is 0 Å². The Morgan fingerprint density at radius 3 is 1.94 bits per heavy atom. The molecule has 1 aliphatic heterocycles. The van der Waals surface area contributed by atoms with Crippen LogP contribution in [0.4, 0.5) is 5.69 Å². The summed E-state index contributed by atoms with van der Waals surface area (Å²) in [4.78, 5) is 27.8. The highest BCUT2D eigenvalue weighted by Gasteiger charge is 2.37. The van der Waals surface area contributed by atoms with Crippen LogP contribution < -0.4 is 9.64 Å². The SMILES string of the molecule is CCOC(=O)C1=CN(c2ccc(C)cc2)C=C(C(=O)OCC)C1c1ccccc1OC. The second-order valence-corrected chi connectivity index (χ2v) is 7.03. The third-order valence-corrected chi connectivity index (χ3v) is 4.98. The van der Waals surface area contributed by atoms with Crippen LogP contribution in [0.2, 0.25) is 0 Å². The predicted molar refractivity (Wildman–Crippen MR) is 119 cm³/mol. The van der Waals surface area contributed by atoms with Gasteiger partial charge >= 0.3 is 11.9 Å². The predicted octanol–water partition coefficient (Wildman–Crippen LogP) is 4.50. The molecule has 3 rings (SSSR count). The van der Waals surface area contributed by atoms with E-state index in [4.69, 9.17) is 14.2 Å². The zero-order chi connectivity index (χ0) is 22.4. The van der Waals surface area contributed by atoms with Gasteiger partial charge in [0, 0.05) is 23.7 Å². The summed E-state index contributed by atoms with van der Waals surface area (Å²) in [6.07, 6.45) is 3.42. The number of aryl methyl sites for hydroxylation is 1. The van der Waals surface area contributed by atoms with Gasteiger partial charge < -0.3 is 19.1 Å². The van der Waals surface area contributed by atoms with Crippen molar-refractivity contribution in [1.29, 1.82) is 0 Å². The fourth-order valence-electron chi connectivity index (χ4n) is 3.53. The van der Waals surface area contributed by atoms with Crippen LogP contribution in [0.15, 0.2) is 72.1 Å². The van der Waals surface area contributed by atoms with E-state index in [1.54, 1.807) is 44.3 Å². The summed E-state index contributed by atoms with van der Waals surface area (Å²) in [5, 5.41) is 0. The molecule has 0 aromatic heterocycles. The summed E-state index contributed by atoms with van der Waals surface area (Å²) >= 11 is 0. The number of nitrogens with zero attached hydrogens (tertiary/aromatic N) is 1. The molecular weight excluding hydrogens is 394 g/mol. The molecular formula is C25H27NO5. The lowest BCUT2D eigenvalue weighted by Crippen LogP contribution is -2.29. The lowest BCUT2D eigenvalue weighted by Gasteiger charge is -2.31. The first-order valence-electron chi connectivity index (χ1n) is 10.3. The van der Waals surface area contributed by atoms with E-state index in [1.165, 1.54) is 0 Å². The first-order chi connectivity index (χ1) is 15.0. The Labute approximate surface area is 182 Å². The number of benzene rings is 2. The molecule has 2 aromatic carbocycles. The summed E-state index contributed by atoms with van der Waals surface area (Å²) in [5.41, 5.74) is 3.27. The number of ether oxygens (including phenoxy) is 3. The first-order valence-corrected chi connectivity index (χ1v) is 10.3. The number of esters is 2. The van der Waals surface area contributed by atoms with Crippen molar-refractivity contribution in [3.63, 3.8) is 0 Å². The molecule has 162 valence electrons. The van der Waals surface area contributed by atoms with Crippen molar-refractivity contribution in [2.45, 2.75) is 26.7 Å². The quantitative estimate of drug-likeness (QED) is 0.614. The average Bonchev–Trinajstić information content (AvgIpc) is 2.79. The molecule has 1 heterocycles. The summed E-state index contributed by atoms with van der Waals surface area (Å²) in [5.74, 6) is -1.10. The molecule has 31 heavy (non-hydrogen) atoms. The molecule has 1 aliphatic rings. The molecule has 0 spiro atoms. The maximum atomic E-state index is 13.0. The van der Waals surface area contributed by atoms with E-state index < -0.39 is 17.9 Å². The Balaban J connectivity index is 2.20. The Morgan fingerprint density at radius 2 is 1.42 bits per heavy atom. The maximum absolute atomic E-state index is 13.0. The Hall–Kier alpha value is -3.54. The molecule has 0 bridgehead atoms. The van der Waals surface area contributed by atoms with Crippen molar-refractivity contribution in [3.05, 3.63) is 83.2 Å². The maximum Gasteiger partial charge on any atom is 0.336 e. The number of hydrogen-bond donors (Lipinski definition) is 0. The van der Waals surface area contributed by atoms with Crippen LogP contribution >= 0.6 is 0 Å². The number of anilines is 1. The molecule has 0 saturated heterocycles. The van der Waals surface area contributed by atoms with Crippen LogP contribution in [0.25, 0.3) is 0 Å². The van der Waals surface area contributed by atoms with Crippen LogP contribution in [-0.2, 0) is 19.1 Å². The summed E-state index contributed by atoms with van der Waals surface area (Å²) in [6, 6.07) is 15.1. The fraction of sp³-hybridized carbons (Fsp3) is 0.280. The van der Waals surface area contributed by atoms with Gasteiger partial charge in [0.25, 0.3) is 0 Å². The number of carbonyl (C=O) groups excluding carboxylic acids is 2. The van der Waals surface area contributed by atoms with Crippen molar-refractivity contribution >= 4 is 17.6 Å². The van der Waals surface area contributed by atoms with E-state index in [0.29, 0.717) is 22.5 Å². The average molecular weight is 421 g/mol. The highest BCUT2D eigenvalue weighted by molar-refractivity contribution is 6.00. The van der Waals surface area contributed by atoms with E-state index in [1.807, 2.05) is 49.4 Å². The minimum Gasteiger partial charge on any atom is -0.496 e. The molecule has 0 amide bonds. The molecule has 0 atom stereocenters. The van der Waals surface area contributed by atoms with Gasteiger partial charge in [-0.1, -0.05) is 35.9 Å². The lowest BCUT2D eigenvalue weighted by molar-refractivity contribution is -0.139. The van der Waals surface area contributed by atoms with Crippen molar-refractivity contribution in [3.8, 4) is 5.75 Å². The Kier molecular flexibility index (Phi) is 7.13. The molecule has 0 fully saturated rings. The monoisotopic (exact) mass is 421 g/mol. The van der Waals surface area contributed by atoms with Gasteiger partial charge in [0.15, 0.2) is 0 Å². The van der Waals surface area contributed by atoms with Gasteiger partial charge in [0.2, 0.25) is 0 Å². The molecule has 6 nitrogen and oxygen atoms in total. The van der Waals surface area contributed by atoms with Gasteiger partial charge in [-0.05, 0) is 39.0 Å². The van der Waals surface area contributed by atoms with Gasteiger partial charge in [-0.3, -0.25) is 0 Å². The van der Waals surface area contributed by atoms with E-state index in [0.717, 1.165) is 11.3 Å². The molecule has 6 heteroatoms. The van der Waals surface area contributed by atoms with Gasteiger partial charge in [-0.25, -0.2) is 9.59 Å². The third kappa shape index (κ3) is 4.79. The molecule has 0 radical (unpaired) electrons. The summed E-state index contributed by atoms with van der Waals surface area (Å²) in [7, 11) is 1.56. The minimum atomic E-state index is -0.684. The normalized spacial score (nSPS) is 13.9. The van der Waals surface area contributed by atoms with Gasteiger partial charge in [0.05, 0.1) is 37.4 Å². The number of para-hydroxylation sites is 1. The van der Waals surface area contributed by atoms with Crippen LogP contribution in [0, 0.1) is 6.92 Å². The van der Waals surface area contributed by atoms with Crippen molar-refractivity contribution in [2.75, 3.05) is 25.2 Å². The number of hydrogen-bond acceptors (Lipinski definition) is 6. The standard InChI is InChI=1S/C25H27NO5/c1-5-30-24(27)20-15-26(18-13-11-17(3)12-14-18)16-21(25(28)31-6-2)23(20)19-9-7-8-10-22(19)29-4/h7-16,23H,5-6H2,1-4H3. The van der Waals surface area contributed by atoms with E-state index in [9.17, 15) is 9.59 Å². The smallest absolute Gasteiger partial charge is 0.336 e.